The van der Waals surface area contributed by atoms with Crippen LogP contribution >= 0.6 is 15.9 Å². The van der Waals surface area contributed by atoms with Crippen LogP contribution in [0.5, 0.6) is 0 Å². The van der Waals surface area contributed by atoms with E-state index in [0.29, 0.717) is 5.92 Å². The Bertz CT molecular complexity index is 529. The van der Waals surface area contributed by atoms with Crippen LogP contribution in [0.25, 0.3) is 5.52 Å². The number of rotatable bonds is 1. The van der Waals surface area contributed by atoms with Crippen LogP contribution in [0.15, 0.2) is 22.8 Å². The smallest absolute Gasteiger partial charge is 0.132 e. The van der Waals surface area contributed by atoms with Gasteiger partial charge in [-0.05, 0) is 41.4 Å². The quantitative estimate of drug-likeness (QED) is 0.803. The van der Waals surface area contributed by atoms with Crippen LogP contribution in [0.2, 0.25) is 0 Å². The molecule has 1 atom stereocenters. The number of fused-ring (bicyclic) bond motifs is 1. The number of ether oxygens (including phenoxy) is 1. The first kappa shape index (κ1) is 10.3. The van der Waals surface area contributed by atoms with Gasteiger partial charge in [-0.2, -0.15) is 0 Å². The Kier molecular flexibility index (Phi) is 2.48. The van der Waals surface area contributed by atoms with E-state index in [2.05, 4.69) is 50.4 Å². The van der Waals surface area contributed by atoms with Gasteiger partial charge >= 0.3 is 0 Å². The van der Waals surface area contributed by atoms with Crippen molar-refractivity contribution in [3.63, 3.8) is 0 Å². The van der Waals surface area contributed by atoms with Crippen molar-refractivity contribution in [2.75, 3.05) is 13.2 Å². The number of halogens is 1. The molecule has 0 aromatic carbocycles. The van der Waals surface area contributed by atoms with Crippen molar-refractivity contribution in [1.82, 2.24) is 9.38 Å². The summed E-state index contributed by atoms with van der Waals surface area (Å²) in [4.78, 5) is 4.63. The van der Waals surface area contributed by atoms with E-state index in [-0.39, 0.29) is 0 Å². The third-order valence-electron chi connectivity index (χ3n) is 3.13. The zero-order valence-corrected chi connectivity index (χ0v) is 10.7. The zero-order chi connectivity index (χ0) is 11.1. The maximum Gasteiger partial charge on any atom is 0.132 e. The Hall–Kier alpha value is -0.870. The second-order valence-electron chi connectivity index (χ2n) is 4.21. The lowest BCUT2D eigenvalue weighted by molar-refractivity contribution is 0.193. The minimum absolute atomic E-state index is 0.430. The maximum absolute atomic E-state index is 5.44. The molecular formula is C12H13BrN2O. The largest absolute Gasteiger partial charge is 0.381 e. The van der Waals surface area contributed by atoms with Crippen LogP contribution in [0.3, 0.4) is 0 Å². The average Bonchev–Trinajstić information content (AvgIpc) is 2.87. The second-order valence-corrected chi connectivity index (χ2v) is 4.96. The summed E-state index contributed by atoms with van der Waals surface area (Å²) in [6, 6.07) is 6.26. The van der Waals surface area contributed by atoms with Crippen LogP contribution in [0.4, 0.5) is 0 Å². The molecule has 3 heterocycles. The van der Waals surface area contributed by atoms with Gasteiger partial charge in [0.25, 0.3) is 0 Å². The van der Waals surface area contributed by atoms with Crippen molar-refractivity contribution in [1.29, 1.82) is 0 Å². The molecule has 0 radical (unpaired) electrons. The number of imidazole rings is 1. The van der Waals surface area contributed by atoms with Gasteiger partial charge in [-0.1, -0.05) is 6.07 Å². The van der Waals surface area contributed by atoms with E-state index in [0.717, 1.165) is 35.6 Å². The fourth-order valence-corrected chi connectivity index (χ4v) is 2.79. The standard InChI is InChI=1S/C12H13BrN2O/c1-8-3-2-4-10-11(13)14-12(15(8)10)9-5-6-16-7-9/h2-4,9H,5-7H2,1H3. The summed E-state index contributed by atoms with van der Waals surface area (Å²) in [6.07, 6.45) is 1.07. The Morgan fingerprint density at radius 1 is 1.50 bits per heavy atom. The highest BCUT2D eigenvalue weighted by atomic mass is 79.9. The van der Waals surface area contributed by atoms with Crippen LogP contribution < -0.4 is 0 Å². The molecule has 0 bridgehead atoms. The molecule has 1 fully saturated rings. The van der Waals surface area contributed by atoms with Gasteiger partial charge in [0.15, 0.2) is 0 Å². The van der Waals surface area contributed by atoms with Gasteiger partial charge in [0, 0.05) is 18.2 Å². The molecule has 1 saturated heterocycles. The van der Waals surface area contributed by atoms with E-state index in [1.54, 1.807) is 0 Å². The van der Waals surface area contributed by atoms with Crippen molar-refractivity contribution in [3.05, 3.63) is 34.3 Å². The SMILES string of the molecule is Cc1cccc2c(Br)nc(C3CCOC3)n12. The molecule has 1 aliphatic heterocycles. The van der Waals surface area contributed by atoms with Crippen molar-refractivity contribution >= 4 is 21.4 Å². The number of hydrogen-bond donors (Lipinski definition) is 0. The third-order valence-corrected chi connectivity index (χ3v) is 3.72. The van der Waals surface area contributed by atoms with E-state index in [4.69, 9.17) is 4.74 Å². The van der Waals surface area contributed by atoms with E-state index in [1.807, 2.05) is 0 Å². The lowest BCUT2D eigenvalue weighted by Crippen LogP contribution is -2.05. The molecule has 0 amide bonds. The van der Waals surface area contributed by atoms with Gasteiger partial charge in [0.2, 0.25) is 0 Å². The number of hydrogen-bond acceptors (Lipinski definition) is 2. The van der Waals surface area contributed by atoms with Gasteiger partial charge in [-0.25, -0.2) is 4.98 Å². The molecule has 4 heteroatoms. The van der Waals surface area contributed by atoms with Crippen LogP contribution in [0.1, 0.15) is 23.9 Å². The molecule has 84 valence electrons. The molecule has 0 N–H and O–H groups in total. The first-order valence-electron chi connectivity index (χ1n) is 5.48. The van der Waals surface area contributed by atoms with Gasteiger partial charge in [0.05, 0.1) is 12.1 Å². The molecule has 1 aliphatic rings. The molecule has 3 nitrogen and oxygen atoms in total. The maximum atomic E-state index is 5.44. The summed E-state index contributed by atoms with van der Waals surface area (Å²) in [5, 5.41) is 0. The van der Waals surface area contributed by atoms with E-state index in [9.17, 15) is 0 Å². The van der Waals surface area contributed by atoms with Crippen molar-refractivity contribution in [2.45, 2.75) is 19.3 Å². The van der Waals surface area contributed by atoms with Gasteiger partial charge in [-0.3, -0.25) is 4.40 Å². The van der Waals surface area contributed by atoms with E-state index >= 15 is 0 Å². The first-order chi connectivity index (χ1) is 7.77. The topological polar surface area (TPSA) is 26.5 Å². The molecule has 3 rings (SSSR count). The molecule has 0 aliphatic carbocycles. The Labute approximate surface area is 103 Å². The van der Waals surface area contributed by atoms with Crippen LogP contribution in [-0.4, -0.2) is 22.6 Å². The lowest BCUT2D eigenvalue weighted by Gasteiger charge is -2.08. The first-order valence-corrected chi connectivity index (χ1v) is 6.28. The zero-order valence-electron chi connectivity index (χ0n) is 9.11. The van der Waals surface area contributed by atoms with E-state index < -0.39 is 0 Å². The molecule has 1 unspecified atom stereocenters. The van der Waals surface area contributed by atoms with E-state index in [1.165, 1.54) is 5.69 Å². The van der Waals surface area contributed by atoms with Gasteiger partial charge in [0.1, 0.15) is 10.4 Å². The Balaban J connectivity index is 2.24. The van der Waals surface area contributed by atoms with Gasteiger partial charge < -0.3 is 4.74 Å². The molecular weight excluding hydrogens is 268 g/mol. The third kappa shape index (κ3) is 1.48. The summed E-state index contributed by atoms with van der Waals surface area (Å²) in [5.74, 6) is 1.55. The summed E-state index contributed by atoms with van der Waals surface area (Å²) in [7, 11) is 0. The minimum atomic E-state index is 0.430. The molecule has 0 saturated carbocycles. The summed E-state index contributed by atoms with van der Waals surface area (Å²) >= 11 is 3.53. The van der Waals surface area contributed by atoms with Crippen LogP contribution in [0, 0.1) is 6.92 Å². The number of aromatic nitrogens is 2. The summed E-state index contributed by atoms with van der Waals surface area (Å²) < 4.78 is 8.60. The van der Waals surface area contributed by atoms with Crippen molar-refractivity contribution in [3.8, 4) is 0 Å². The molecule has 0 spiro atoms. The van der Waals surface area contributed by atoms with Crippen molar-refractivity contribution in [2.24, 2.45) is 0 Å². The normalized spacial score (nSPS) is 20.8. The molecule has 2 aromatic heterocycles. The number of nitrogens with zero attached hydrogens (tertiary/aromatic N) is 2. The van der Waals surface area contributed by atoms with Crippen LogP contribution in [-0.2, 0) is 4.74 Å². The highest BCUT2D eigenvalue weighted by molar-refractivity contribution is 9.10. The predicted octanol–water partition coefficient (Wildman–Crippen LogP) is 2.91. The fourth-order valence-electron chi connectivity index (χ4n) is 2.30. The van der Waals surface area contributed by atoms with Gasteiger partial charge in [-0.15, -0.1) is 0 Å². The number of pyridine rings is 1. The monoisotopic (exact) mass is 280 g/mol. The Morgan fingerprint density at radius 3 is 3.12 bits per heavy atom. The predicted molar refractivity (Wildman–Crippen MR) is 65.8 cm³/mol. The number of aryl methyl sites for hydroxylation is 1. The highest BCUT2D eigenvalue weighted by Gasteiger charge is 2.24. The highest BCUT2D eigenvalue weighted by Crippen LogP contribution is 2.29. The second kappa shape index (κ2) is 3.86. The summed E-state index contributed by atoms with van der Waals surface area (Å²) in [6.45, 7) is 3.75. The average molecular weight is 281 g/mol. The minimum Gasteiger partial charge on any atom is -0.381 e. The Morgan fingerprint density at radius 2 is 2.38 bits per heavy atom. The van der Waals surface area contributed by atoms with Crippen molar-refractivity contribution < 1.29 is 4.74 Å². The molecule has 2 aromatic rings. The molecule has 16 heavy (non-hydrogen) atoms. The fraction of sp³-hybridized carbons (Fsp3) is 0.417. The lowest BCUT2D eigenvalue weighted by atomic mass is 10.1. The summed E-state index contributed by atoms with van der Waals surface area (Å²) in [5.41, 5.74) is 2.36.